The molecule has 12 heteroatoms. The Morgan fingerprint density at radius 3 is 2.88 bits per heavy atom. The molecule has 0 saturated heterocycles. The van der Waals surface area contributed by atoms with E-state index < -0.39 is 11.3 Å². The number of nitrogens with one attached hydrogen (secondary N) is 2. The van der Waals surface area contributed by atoms with Crippen LogP contribution in [0.2, 0.25) is 5.15 Å². The topological polar surface area (TPSA) is 144 Å². The summed E-state index contributed by atoms with van der Waals surface area (Å²) in [5.41, 5.74) is 3.88. The maximum atomic E-state index is 13.0. The van der Waals surface area contributed by atoms with Crippen LogP contribution in [0.1, 0.15) is 16.7 Å². The van der Waals surface area contributed by atoms with Crippen molar-refractivity contribution in [2.75, 3.05) is 29.9 Å². The van der Waals surface area contributed by atoms with Crippen LogP contribution in [0.15, 0.2) is 42.7 Å². The molecule has 174 valence electrons. The molecule has 0 spiro atoms. The molecule has 1 amide bonds. The largest absolute Gasteiger partial charge is 0.353 e. The number of nitrogens with zero attached hydrogens (tertiary/aromatic N) is 5. The third kappa shape index (κ3) is 5.37. The number of nitriles is 1. The van der Waals surface area contributed by atoms with Crippen LogP contribution >= 0.6 is 11.6 Å². The summed E-state index contributed by atoms with van der Waals surface area (Å²) in [6.07, 6.45) is 3.87. The fraction of sp³-hybridized carbons (Fsp3) is 0.227. The van der Waals surface area contributed by atoms with Gasteiger partial charge in [-0.15, -0.1) is 0 Å². The van der Waals surface area contributed by atoms with Crippen LogP contribution in [-0.2, 0) is 28.9 Å². The van der Waals surface area contributed by atoms with Gasteiger partial charge >= 0.3 is 0 Å². The maximum absolute atomic E-state index is 13.0. The van der Waals surface area contributed by atoms with Gasteiger partial charge in [-0.3, -0.25) is 9.35 Å². The first-order valence-electron chi connectivity index (χ1n) is 10.3. The molecule has 34 heavy (non-hydrogen) atoms. The Kier molecular flexibility index (Phi) is 7.44. The minimum Gasteiger partial charge on any atom is -0.353 e. The van der Waals surface area contributed by atoms with Crippen LogP contribution in [0, 0.1) is 11.3 Å². The first-order valence-corrected chi connectivity index (χ1v) is 11.8. The van der Waals surface area contributed by atoms with Crippen molar-refractivity contribution in [2.24, 2.45) is 0 Å². The molecule has 3 aromatic rings. The third-order valence-electron chi connectivity index (χ3n) is 5.25. The van der Waals surface area contributed by atoms with E-state index >= 15 is 0 Å². The normalized spacial score (nSPS) is 13.3. The monoisotopic (exact) mass is 497 g/mol. The lowest BCUT2D eigenvalue weighted by molar-refractivity contribution is -0.117. The zero-order chi connectivity index (χ0) is 24.1. The van der Waals surface area contributed by atoms with Crippen molar-refractivity contribution >= 4 is 40.4 Å². The molecule has 0 bridgehead atoms. The zero-order valence-electron chi connectivity index (χ0n) is 17.9. The van der Waals surface area contributed by atoms with Crippen molar-refractivity contribution in [1.82, 2.24) is 19.7 Å². The lowest BCUT2D eigenvalue weighted by Gasteiger charge is -2.19. The van der Waals surface area contributed by atoms with Gasteiger partial charge in [0.15, 0.2) is 0 Å². The number of carbonyl (C=O) groups excluding carboxylic acids is 1. The second-order valence-electron chi connectivity index (χ2n) is 7.40. The van der Waals surface area contributed by atoms with E-state index in [9.17, 15) is 14.3 Å². The van der Waals surface area contributed by atoms with E-state index in [0.717, 1.165) is 11.1 Å². The fourth-order valence-corrected chi connectivity index (χ4v) is 4.22. The maximum Gasteiger partial charge on any atom is 0.231 e. The van der Waals surface area contributed by atoms with Crippen molar-refractivity contribution in [3.63, 3.8) is 0 Å². The highest BCUT2D eigenvalue weighted by Crippen LogP contribution is 2.36. The second-order valence-corrected chi connectivity index (χ2v) is 8.55. The molecule has 1 atom stereocenters. The first kappa shape index (κ1) is 23.7. The van der Waals surface area contributed by atoms with E-state index in [1.54, 1.807) is 41.6 Å². The molecule has 3 N–H and O–H groups in total. The lowest BCUT2D eigenvalue weighted by atomic mass is 10.0. The molecule has 1 aliphatic heterocycles. The summed E-state index contributed by atoms with van der Waals surface area (Å²) in [6.45, 7) is 1.07. The number of benzene rings is 1. The Bertz CT molecular complexity index is 1300. The van der Waals surface area contributed by atoms with Gasteiger partial charge < -0.3 is 10.2 Å². The van der Waals surface area contributed by atoms with Crippen LogP contribution in [0.25, 0.3) is 11.3 Å². The van der Waals surface area contributed by atoms with Gasteiger partial charge in [0.05, 0.1) is 23.4 Å². The van der Waals surface area contributed by atoms with Gasteiger partial charge in [-0.2, -0.15) is 5.26 Å². The van der Waals surface area contributed by atoms with E-state index in [4.69, 9.17) is 16.2 Å². The minimum atomic E-state index is -2.08. The predicted octanol–water partition coefficient (Wildman–Crippen LogP) is 2.33. The summed E-state index contributed by atoms with van der Waals surface area (Å²) in [5.74, 6) is 0.205. The lowest BCUT2D eigenvalue weighted by Crippen LogP contribution is -2.31. The molecule has 0 radical (unpaired) electrons. The standard InChI is InChI=1S/C22H20ClN7O3S/c23-21-15(2-1-5-25-21)12-19(31)30-9-4-14-10-16(11-17(13-24)20(14)30)18-3-6-26-22(29-18)27-7-8-28-34(32)33/h1-3,5-6,10-11,28H,4,7-9,12H2,(H,32,33)(H,26,27,29). The Morgan fingerprint density at radius 1 is 1.26 bits per heavy atom. The molecule has 1 aromatic carbocycles. The van der Waals surface area contributed by atoms with Gasteiger partial charge in [0.1, 0.15) is 11.2 Å². The number of carbonyl (C=O) groups is 1. The Morgan fingerprint density at radius 2 is 2.12 bits per heavy atom. The molecular weight excluding hydrogens is 478 g/mol. The van der Waals surface area contributed by atoms with Crippen LogP contribution in [0.3, 0.4) is 0 Å². The van der Waals surface area contributed by atoms with Gasteiger partial charge in [-0.25, -0.2) is 23.9 Å². The molecule has 1 aliphatic rings. The average Bonchev–Trinajstić information content (AvgIpc) is 3.27. The fourth-order valence-electron chi connectivity index (χ4n) is 3.76. The van der Waals surface area contributed by atoms with Crippen molar-refractivity contribution in [3.05, 3.63) is 64.6 Å². The number of hydrogen-bond donors (Lipinski definition) is 3. The highest BCUT2D eigenvalue weighted by molar-refractivity contribution is 7.77. The summed E-state index contributed by atoms with van der Waals surface area (Å²) in [7, 11) is 0. The second kappa shape index (κ2) is 10.7. The van der Waals surface area contributed by atoms with E-state index in [0.29, 0.717) is 53.1 Å². The van der Waals surface area contributed by atoms with Crippen LogP contribution in [0.4, 0.5) is 11.6 Å². The smallest absolute Gasteiger partial charge is 0.231 e. The SMILES string of the molecule is N#Cc1cc(-c2ccnc(NCCNS(=O)O)n2)cc2c1N(C(=O)Cc1cccnc1Cl)CC2. The van der Waals surface area contributed by atoms with Crippen molar-refractivity contribution < 1.29 is 13.6 Å². The van der Waals surface area contributed by atoms with Crippen molar-refractivity contribution in [1.29, 1.82) is 5.26 Å². The third-order valence-corrected chi connectivity index (χ3v) is 6.04. The number of aromatic nitrogens is 3. The molecule has 10 nitrogen and oxygen atoms in total. The molecular formula is C22H20ClN7O3S. The summed E-state index contributed by atoms with van der Waals surface area (Å²) >= 11 is 4.03. The Balaban J connectivity index is 1.56. The van der Waals surface area contributed by atoms with E-state index in [-0.39, 0.29) is 18.9 Å². The molecule has 0 aliphatic carbocycles. The summed E-state index contributed by atoms with van der Waals surface area (Å²) < 4.78 is 21.8. The van der Waals surface area contributed by atoms with Gasteiger partial charge in [0, 0.05) is 37.6 Å². The number of halogens is 1. The Hall–Kier alpha value is -3.43. The van der Waals surface area contributed by atoms with Crippen LogP contribution in [-0.4, -0.2) is 49.3 Å². The van der Waals surface area contributed by atoms with Crippen molar-refractivity contribution in [2.45, 2.75) is 12.8 Å². The molecule has 1 unspecified atom stereocenters. The molecule has 3 heterocycles. The average molecular weight is 498 g/mol. The van der Waals surface area contributed by atoms with E-state index in [1.165, 1.54) is 0 Å². The summed E-state index contributed by atoms with van der Waals surface area (Å²) in [4.78, 5) is 27.3. The Labute approximate surface area is 203 Å². The van der Waals surface area contributed by atoms with Gasteiger partial charge in [0.25, 0.3) is 0 Å². The van der Waals surface area contributed by atoms with Crippen LogP contribution in [0.5, 0.6) is 0 Å². The summed E-state index contributed by atoms with van der Waals surface area (Å²) in [6, 6.07) is 11.1. The number of rotatable bonds is 8. The van der Waals surface area contributed by atoms with E-state index in [2.05, 4.69) is 31.1 Å². The first-order chi connectivity index (χ1) is 16.5. The number of hydrogen-bond acceptors (Lipinski definition) is 7. The highest BCUT2D eigenvalue weighted by Gasteiger charge is 2.29. The zero-order valence-corrected chi connectivity index (χ0v) is 19.4. The van der Waals surface area contributed by atoms with Gasteiger partial charge in [-0.05, 0) is 41.8 Å². The molecule has 4 rings (SSSR count). The number of fused-ring (bicyclic) bond motifs is 1. The molecule has 0 saturated carbocycles. The van der Waals surface area contributed by atoms with Gasteiger partial charge in [0.2, 0.25) is 23.1 Å². The number of amides is 1. The number of anilines is 2. The predicted molar refractivity (Wildman–Crippen MR) is 128 cm³/mol. The summed E-state index contributed by atoms with van der Waals surface area (Å²) in [5, 5.41) is 13.1. The number of pyridine rings is 1. The molecule has 0 fully saturated rings. The van der Waals surface area contributed by atoms with Gasteiger partial charge in [-0.1, -0.05) is 17.7 Å². The highest BCUT2D eigenvalue weighted by atomic mass is 35.5. The molecule has 2 aromatic heterocycles. The minimum absolute atomic E-state index is 0.0956. The van der Waals surface area contributed by atoms with Crippen LogP contribution < -0.4 is 14.9 Å². The quantitative estimate of drug-likeness (QED) is 0.244. The van der Waals surface area contributed by atoms with Crippen molar-refractivity contribution in [3.8, 4) is 17.3 Å². The van der Waals surface area contributed by atoms with E-state index in [1.807, 2.05) is 6.07 Å².